The summed E-state index contributed by atoms with van der Waals surface area (Å²) < 4.78 is 0. The Hall–Kier alpha value is -1.02. The van der Waals surface area contributed by atoms with Crippen molar-refractivity contribution >= 4 is 5.69 Å². The molecule has 80 valence electrons. The van der Waals surface area contributed by atoms with E-state index in [0.717, 1.165) is 6.54 Å². The predicted molar refractivity (Wildman–Crippen MR) is 63.2 cm³/mol. The van der Waals surface area contributed by atoms with Gasteiger partial charge in [0.2, 0.25) is 0 Å². The van der Waals surface area contributed by atoms with Gasteiger partial charge in [-0.25, -0.2) is 0 Å². The van der Waals surface area contributed by atoms with Crippen molar-refractivity contribution in [2.24, 2.45) is 11.7 Å². The van der Waals surface area contributed by atoms with E-state index in [4.69, 9.17) is 5.73 Å². The van der Waals surface area contributed by atoms with Gasteiger partial charge >= 0.3 is 0 Å². The maximum Gasteiger partial charge on any atom is 0.0431 e. The largest absolute Gasteiger partial charge is 0.367 e. The number of para-hydroxylation sites is 1. The van der Waals surface area contributed by atoms with Crippen LogP contribution in [0.4, 0.5) is 5.69 Å². The minimum Gasteiger partial charge on any atom is -0.367 e. The van der Waals surface area contributed by atoms with Crippen molar-refractivity contribution in [1.29, 1.82) is 0 Å². The van der Waals surface area contributed by atoms with Crippen LogP contribution in [0.5, 0.6) is 0 Å². The predicted octanol–water partition coefficient (Wildman–Crippen LogP) is 1.70. The molecule has 2 heterocycles. The molecule has 2 heteroatoms. The number of nitrogens with zero attached hydrogens (tertiary/aromatic N) is 1. The van der Waals surface area contributed by atoms with Crippen LogP contribution >= 0.6 is 0 Å². The highest BCUT2D eigenvalue weighted by atomic mass is 15.2. The molecule has 2 unspecified atom stereocenters. The minimum absolute atomic E-state index is 0.686. The Morgan fingerprint density at radius 3 is 3.13 bits per heavy atom. The quantitative estimate of drug-likeness (QED) is 0.751. The number of fused-ring (bicyclic) bond motifs is 3. The lowest BCUT2D eigenvalue weighted by Gasteiger charge is -2.22. The van der Waals surface area contributed by atoms with Gasteiger partial charge in [0, 0.05) is 18.3 Å². The van der Waals surface area contributed by atoms with Crippen LogP contribution in [0.1, 0.15) is 17.5 Å². The standard InChI is InChI=1S/C13H18N2/c1-9-3-2-4-10-7-12-11(8-14)5-6-15(12)13(9)10/h2-4,11-12H,5-8,14H2,1H3. The van der Waals surface area contributed by atoms with Crippen molar-refractivity contribution in [3.05, 3.63) is 29.3 Å². The van der Waals surface area contributed by atoms with Gasteiger partial charge in [-0.1, -0.05) is 18.2 Å². The average Bonchev–Trinajstić information content (AvgIpc) is 2.75. The number of benzene rings is 1. The van der Waals surface area contributed by atoms with Crippen LogP contribution in [0.2, 0.25) is 0 Å². The highest BCUT2D eigenvalue weighted by molar-refractivity contribution is 5.65. The van der Waals surface area contributed by atoms with Crippen LogP contribution in [0.15, 0.2) is 18.2 Å². The summed E-state index contributed by atoms with van der Waals surface area (Å²) in [6.45, 7) is 4.26. The molecular weight excluding hydrogens is 184 g/mol. The van der Waals surface area contributed by atoms with E-state index in [2.05, 4.69) is 30.0 Å². The van der Waals surface area contributed by atoms with E-state index in [9.17, 15) is 0 Å². The molecule has 0 bridgehead atoms. The third-order valence-electron chi connectivity index (χ3n) is 4.03. The van der Waals surface area contributed by atoms with Gasteiger partial charge in [-0.3, -0.25) is 0 Å². The Bertz CT molecular complexity index is 386. The van der Waals surface area contributed by atoms with Crippen LogP contribution in [0.25, 0.3) is 0 Å². The van der Waals surface area contributed by atoms with Crippen molar-refractivity contribution in [2.45, 2.75) is 25.8 Å². The first kappa shape index (κ1) is 9.22. The normalized spacial score (nSPS) is 28.0. The van der Waals surface area contributed by atoms with Gasteiger partial charge in [0.15, 0.2) is 0 Å². The molecule has 1 aromatic carbocycles. The van der Waals surface area contributed by atoms with E-state index >= 15 is 0 Å². The fourth-order valence-corrected chi connectivity index (χ4v) is 3.27. The molecule has 1 aromatic rings. The Kier molecular flexibility index (Phi) is 1.99. The smallest absolute Gasteiger partial charge is 0.0431 e. The van der Waals surface area contributed by atoms with Crippen molar-refractivity contribution < 1.29 is 0 Å². The fourth-order valence-electron chi connectivity index (χ4n) is 3.27. The van der Waals surface area contributed by atoms with Crippen LogP contribution in [0.3, 0.4) is 0 Å². The zero-order chi connectivity index (χ0) is 10.4. The van der Waals surface area contributed by atoms with Gasteiger partial charge in [0.05, 0.1) is 0 Å². The Balaban J connectivity index is 2.02. The van der Waals surface area contributed by atoms with Crippen LogP contribution in [0, 0.1) is 12.8 Å². The maximum absolute atomic E-state index is 5.84. The molecule has 0 saturated carbocycles. The van der Waals surface area contributed by atoms with E-state index in [1.54, 1.807) is 0 Å². The number of nitrogens with two attached hydrogens (primary N) is 1. The van der Waals surface area contributed by atoms with E-state index in [-0.39, 0.29) is 0 Å². The zero-order valence-corrected chi connectivity index (χ0v) is 9.24. The van der Waals surface area contributed by atoms with E-state index in [0.29, 0.717) is 12.0 Å². The maximum atomic E-state index is 5.84. The van der Waals surface area contributed by atoms with Crippen molar-refractivity contribution in [3.63, 3.8) is 0 Å². The number of hydrogen-bond donors (Lipinski definition) is 1. The van der Waals surface area contributed by atoms with Gasteiger partial charge < -0.3 is 10.6 Å². The molecule has 15 heavy (non-hydrogen) atoms. The first-order valence-corrected chi connectivity index (χ1v) is 5.86. The summed E-state index contributed by atoms with van der Waals surface area (Å²) in [7, 11) is 0. The number of hydrogen-bond acceptors (Lipinski definition) is 2. The highest BCUT2D eigenvalue weighted by Crippen LogP contribution is 2.41. The summed E-state index contributed by atoms with van der Waals surface area (Å²) >= 11 is 0. The summed E-state index contributed by atoms with van der Waals surface area (Å²) in [5.41, 5.74) is 10.3. The van der Waals surface area contributed by atoms with E-state index in [1.165, 1.54) is 36.2 Å². The Labute approximate surface area is 91.1 Å². The number of aryl methyl sites for hydroxylation is 1. The van der Waals surface area contributed by atoms with Gasteiger partial charge in [-0.05, 0) is 43.4 Å². The molecule has 2 atom stereocenters. The van der Waals surface area contributed by atoms with Gasteiger partial charge in [0.1, 0.15) is 0 Å². The molecule has 0 aliphatic carbocycles. The first-order chi connectivity index (χ1) is 7.31. The first-order valence-electron chi connectivity index (χ1n) is 5.86. The molecule has 0 amide bonds. The van der Waals surface area contributed by atoms with Crippen LogP contribution in [-0.2, 0) is 6.42 Å². The average molecular weight is 202 g/mol. The van der Waals surface area contributed by atoms with E-state index < -0.39 is 0 Å². The molecule has 2 aliphatic rings. The SMILES string of the molecule is Cc1cccc2c1N1CCC(CN)C1C2. The monoisotopic (exact) mass is 202 g/mol. The molecule has 2 aliphatic heterocycles. The van der Waals surface area contributed by atoms with Gasteiger partial charge in [-0.2, -0.15) is 0 Å². The lowest BCUT2D eigenvalue weighted by Crippen LogP contribution is -2.32. The summed E-state index contributed by atoms with van der Waals surface area (Å²) in [4.78, 5) is 2.59. The van der Waals surface area contributed by atoms with Crippen molar-refractivity contribution in [1.82, 2.24) is 0 Å². The van der Waals surface area contributed by atoms with Gasteiger partial charge in [0.25, 0.3) is 0 Å². The molecule has 1 fully saturated rings. The highest BCUT2D eigenvalue weighted by Gasteiger charge is 2.39. The second-order valence-corrected chi connectivity index (χ2v) is 4.83. The molecule has 2 nitrogen and oxygen atoms in total. The molecule has 1 saturated heterocycles. The molecular formula is C13H18N2. The summed E-state index contributed by atoms with van der Waals surface area (Å²) in [6.07, 6.45) is 2.48. The fraction of sp³-hybridized carbons (Fsp3) is 0.538. The third-order valence-corrected chi connectivity index (χ3v) is 4.03. The van der Waals surface area contributed by atoms with E-state index in [1.807, 2.05) is 0 Å². The molecule has 2 N–H and O–H groups in total. The second kappa shape index (κ2) is 3.24. The molecule has 0 aromatic heterocycles. The van der Waals surface area contributed by atoms with Crippen LogP contribution < -0.4 is 10.6 Å². The Morgan fingerprint density at radius 2 is 2.33 bits per heavy atom. The third kappa shape index (κ3) is 1.21. The zero-order valence-electron chi connectivity index (χ0n) is 9.24. The summed E-state index contributed by atoms with van der Waals surface area (Å²) in [6, 6.07) is 7.35. The Morgan fingerprint density at radius 1 is 1.47 bits per heavy atom. The summed E-state index contributed by atoms with van der Waals surface area (Å²) in [5, 5.41) is 0. The minimum atomic E-state index is 0.686. The number of anilines is 1. The summed E-state index contributed by atoms with van der Waals surface area (Å²) in [5.74, 6) is 0.705. The van der Waals surface area contributed by atoms with Crippen LogP contribution in [-0.4, -0.2) is 19.1 Å². The van der Waals surface area contributed by atoms with Crippen molar-refractivity contribution in [3.8, 4) is 0 Å². The van der Waals surface area contributed by atoms with Gasteiger partial charge in [-0.15, -0.1) is 0 Å². The molecule has 0 spiro atoms. The topological polar surface area (TPSA) is 29.3 Å². The molecule has 3 rings (SSSR count). The van der Waals surface area contributed by atoms with Crippen molar-refractivity contribution in [2.75, 3.05) is 18.0 Å². The second-order valence-electron chi connectivity index (χ2n) is 4.83. The lowest BCUT2D eigenvalue weighted by molar-refractivity contribution is 0.491. The lowest BCUT2D eigenvalue weighted by atomic mass is 9.96. The number of rotatable bonds is 1. The molecule has 0 radical (unpaired) electrons.